The van der Waals surface area contributed by atoms with Crippen molar-refractivity contribution in [3.8, 4) is 0 Å². The maximum atomic E-state index is 12.8. The minimum absolute atomic E-state index is 0.0868. The van der Waals surface area contributed by atoms with E-state index >= 15 is 0 Å². The zero-order chi connectivity index (χ0) is 48.3. The molecule has 388 valence electrons. The van der Waals surface area contributed by atoms with Gasteiger partial charge < -0.3 is 18.9 Å². The summed E-state index contributed by atoms with van der Waals surface area (Å²) in [6, 6.07) is 0. The molecule has 0 spiro atoms. The second-order valence-electron chi connectivity index (χ2n) is 20.0. The Balaban J connectivity index is 4.09. The molecule has 0 aromatic heterocycles. The third kappa shape index (κ3) is 53.4. The number of carbonyl (C=O) groups is 1. The first kappa shape index (κ1) is 64.5. The van der Waals surface area contributed by atoms with Crippen LogP contribution in [0.2, 0.25) is 0 Å². The Morgan fingerprint density at radius 1 is 0.470 bits per heavy atom. The number of phosphoric ester groups is 1. The minimum Gasteiger partial charge on any atom is -0.457 e. The minimum atomic E-state index is -4.29. The highest BCUT2D eigenvalue weighted by Gasteiger charge is 2.26. The highest BCUT2D eigenvalue weighted by atomic mass is 31.2. The molecule has 1 N–H and O–H groups in total. The number of allylic oxidation sites excluding steroid dienone is 8. The maximum absolute atomic E-state index is 12.8. The van der Waals surface area contributed by atoms with Gasteiger partial charge in [0.05, 0.1) is 34.4 Å². The van der Waals surface area contributed by atoms with Crippen molar-refractivity contribution < 1.29 is 37.3 Å². The van der Waals surface area contributed by atoms with Crippen molar-refractivity contribution in [3.63, 3.8) is 0 Å². The number of carbonyl (C=O) groups excluding carboxylic acids is 1. The first-order valence-electron chi connectivity index (χ1n) is 27.9. The molecule has 0 rings (SSSR count). The summed E-state index contributed by atoms with van der Waals surface area (Å²) in [5.74, 6) is -0.317. The van der Waals surface area contributed by atoms with E-state index < -0.39 is 13.9 Å². The molecule has 0 fully saturated rings. The largest absolute Gasteiger partial charge is 0.472 e. The molecule has 0 amide bonds. The SMILES string of the molecule is CCCCCCC/C=C\C/C=C\C/C=C\CCCCCCCCCCCCCOCC(COP(=O)(O)OCC[N+](C)(C)C)OC(=O)CCCCCCCCC/C=C\CCCCCCCCC. The average Bonchev–Trinajstić information content (AvgIpc) is 3.28. The molecule has 0 radical (unpaired) electrons. The molecule has 0 bridgehead atoms. The summed E-state index contributed by atoms with van der Waals surface area (Å²) >= 11 is 0. The number of phosphoric acid groups is 1. The summed E-state index contributed by atoms with van der Waals surface area (Å²) in [4.78, 5) is 23.0. The Hall–Kier alpha value is -1.54. The normalized spacial score (nSPS) is 13.8. The quantitative estimate of drug-likeness (QED) is 0.0213. The number of rotatable bonds is 52. The summed E-state index contributed by atoms with van der Waals surface area (Å²) in [5.41, 5.74) is 0. The lowest BCUT2D eigenvalue weighted by atomic mass is 10.1. The van der Waals surface area contributed by atoms with Crippen molar-refractivity contribution in [2.75, 3.05) is 54.1 Å². The monoisotopic (exact) mass is 951 g/mol. The van der Waals surface area contributed by atoms with Gasteiger partial charge in [0.1, 0.15) is 19.3 Å². The molecule has 2 atom stereocenters. The van der Waals surface area contributed by atoms with Crippen LogP contribution in [0.1, 0.15) is 251 Å². The molecule has 0 aliphatic carbocycles. The Bertz CT molecular complexity index is 1200. The average molecular weight is 951 g/mol. The summed E-state index contributed by atoms with van der Waals surface area (Å²) in [5, 5.41) is 0. The number of ether oxygens (including phenoxy) is 2. The molecule has 0 aliphatic heterocycles. The van der Waals surface area contributed by atoms with Crippen molar-refractivity contribution in [3.05, 3.63) is 48.6 Å². The van der Waals surface area contributed by atoms with E-state index in [2.05, 4.69) is 62.5 Å². The van der Waals surface area contributed by atoms with Gasteiger partial charge in [0.25, 0.3) is 0 Å². The zero-order valence-corrected chi connectivity index (χ0v) is 45.1. The van der Waals surface area contributed by atoms with Crippen LogP contribution >= 0.6 is 7.82 Å². The van der Waals surface area contributed by atoms with Gasteiger partial charge in [-0.2, -0.15) is 0 Å². The van der Waals surface area contributed by atoms with E-state index in [-0.39, 0.29) is 25.8 Å². The number of likely N-dealkylation sites (N-methyl/N-ethyl adjacent to an activating group) is 1. The Kier molecular flexibility index (Phi) is 48.7. The summed E-state index contributed by atoms with van der Waals surface area (Å²) in [6.07, 6.45) is 63.1. The molecular formula is C57H109NO7P+. The first-order valence-corrected chi connectivity index (χ1v) is 29.4. The van der Waals surface area contributed by atoms with E-state index in [0.29, 0.717) is 24.1 Å². The van der Waals surface area contributed by atoms with Crippen LogP contribution in [0, 0.1) is 0 Å². The van der Waals surface area contributed by atoms with Crippen LogP contribution in [-0.4, -0.2) is 75.6 Å². The third-order valence-corrected chi connectivity index (χ3v) is 13.1. The van der Waals surface area contributed by atoms with Crippen LogP contribution in [0.25, 0.3) is 0 Å². The van der Waals surface area contributed by atoms with Gasteiger partial charge in [0.2, 0.25) is 0 Å². The fourth-order valence-corrected chi connectivity index (χ4v) is 8.53. The van der Waals surface area contributed by atoms with Gasteiger partial charge in [-0.3, -0.25) is 13.8 Å². The highest BCUT2D eigenvalue weighted by molar-refractivity contribution is 7.47. The molecule has 8 nitrogen and oxygen atoms in total. The summed E-state index contributed by atoms with van der Waals surface area (Å²) in [6.45, 7) is 5.63. The van der Waals surface area contributed by atoms with Crippen molar-refractivity contribution in [2.24, 2.45) is 0 Å². The summed E-state index contributed by atoms with van der Waals surface area (Å²) in [7, 11) is 1.67. The number of hydrogen-bond donors (Lipinski definition) is 1. The van der Waals surface area contributed by atoms with Crippen LogP contribution in [0.15, 0.2) is 48.6 Å². The van der Waals surface area contributed by atoms with Gasteiger partial charge in [-0.15, -0.1) is 0 Å². The zero-order valence-electron chi connectivity index (χ0n) is 44.2. The lowest BCUT2D eigenvalue weighted by Gasteiger charge is -2.24. The molecule has 0 aromatic rings. The molecule has 66 heavy (non-hydrogen) atoms. The van der Waals surface area contributed by atoms with E-state index in [4.69, 9.17) is 18.5 Å². The van der Waals surface area contributed by atoms with Crippen LogP contribution in [0.3, 0.4) is 0 Å². The fourth-order valence-electron chi connectivity index (χ4n) is 7.79. The molecule has 0 saturated heterocycles. The van der Waals surface area contributed by atoms with Crippen molar-refractivity contribution in [1.82, 2.24) is 0 Å². The molecular weight excluding hydrogens is 842 g/mol. The molecule has 9 heteroatoms. The van der Waals surface area contributed by atoms with Gasteiger partial charge in [-0.25, -0.2) is 4.57 Å². The topological polar surface area (TPSA) is 91.3 Å². The maximum Gasteiger partial charge on any atom is 0.472 e. The molecule has 0 aromatic carbocycles. The Labute approximate surface area is 409 Å². The van der Waals surface area contributed by atoms with Crippen molar-refractivity contribution >= 4 is 13.8 Å². The van der Waals surface area contributed by atoms with Crippen LogP contribution < -0.4 is 0 Å². The Morgan fingerprint density at radius 2 is 0.833 bits per heavy atom. The molecule has 0 heterocycles. The number of quaternary nitrogens is 1. The number of nitrogens with zero attached hydrogens (tertiary/aromatic N) is 1. The number of hydrogen-bond acceptors (Lipinski definition) is 6. The van der Waals surface area contributed by atoms with Gasteiger partial charge in [-0.05, 0) is 77.0 Å². The first-order chi connectivity index (χ1) is 32.1. The van der Waals surface area contributed by atoms with E-state index in [9.17, 15) is 14.3 Å². The molecule has 2 unspecified atom stereocenters. The Morgan fingerprint density at radius 3 is 1.26 bits per heavy atom. The fraction of sp³-hybridized carbons (Fsp3) is 0.842. The lowest BCUT2D eigenvalue weighted by Crippen LogP contribution is -2.37. The lowest BCUT2D eigenvalue weighted by molar-refractivity contribution is -0.870. The standard InChI is InChI=1S/C57H108NO7P/c1-6-8-10-12-14-16-18-20-22-24-26-27-28-29-30-31-32-33-35-37-39-41-43-45-47-49-52-62-54-56(55-64-66(60,61)63-53-51-58(3,4)5)65-57(59)50-48-46-44-42-40-38-36-34-25-23-21-19-17-15-13-11-9-7-2/h18,20,23-26,28-29,56H,6-17,19,21-22,27,30-55H2,1-5H3/p+1/b20-18-,25-23-,26-24-,29-28-. The van der Waals surface area contributed by atoms with Crippen LogP contribution in [0.4, 0.5) is 0 Å². The smallest absolute Gasteiger partial charge is 0.457 e. The van der Waals surface area contributed by atoms with Crippen LogP contribution in [-0.2, 0) is 27.9 Å². The number of esters is 1. The highest BCUT2D eigenvalue weighted by Crippen LogP contribution is 2.43. The van der Waals surface area contributed by atoms with E-state index in [1.807, 2.05) is 21.1 Å². The molecule has 0 saturated carbocycles. The number of unbranched alkanes of at least 4 members (excludes halogenated alkanes) is 30. The molecule has 0 aliphatic rings. The van der Waals surface area contributed by atoms with Crippen molar-refractivity contribution in [2.45, 2.75) is 258 Å². The van der Waals surface area contributed by atoms with E-state index in [1.165, 1.54) is 186 Å². The second-order valence-corrected chi connectivity index (χ2v) is 21.4. The van der Waals surface area contributed by atoms with Crippen molar-refractivity contribution in [1.29, 1.82) is 0 Å². The predicted molar refractivity (Wildman–Crippen MR) is 284 cm³/mol. The van der Waals surface area contributed by atoms with Gasteiger partial charge in [0.15, 0.2) is 0 Å². The van der Waals surface area contributed by atoms with Crippen LogP contribution in [0.5, 0.6) is 0 Å². The second kappa shape index (κ2) is 49.9. The third-order valence-electron chi connectivity index (χ3n) is 12.1. The summed E-state index contributed by atoms with van der Waals surface area (Å²) < 4.78 is 35.2. The van der Waals surface area contributed by atoms with E-state index in [1.54, 1.807) is 0 Å². The van der Waals surface area contributed by atoms with Gasteiger partial charge in [0, 0.05) is 13.0 Å². The predicted octanol–water partition coefficient (Wildman–Crippen LogP) is 17.5. The van der Waals surface area contributed by atoms with Gasteiger partial charge >= 0.3 is 13.8 Å². The van der Waals surface area contributed by atoms with Gasteiger partial charge in [-0.1, -0.05) is 217 Å². The van der Waals surface area contributed by atoms with E-state index in [0.717, 1.165) is 44.9 Å².